The summed E-state index contributed by atoms with van der Waals surface area (Å²) in [6, 6.07) is 0. The van der Waals surface area contributed by atoms with Gasteiger partial charge in [0, 0.05) is 6.42 Å². The predicted molar refractivity (Wildman–Crippen MR) is 58.5 cm³/mol. The number of carboxylic acids is 1. The second-order valence-electron chi connectivity index (χ2n) is 4.25. The fourth-order valence-corrected chi connectivity index (χ4v) is 3.81. The third kappa shape index (κ3) is 3.06. The lowest BCUT2D eigenvalue weighted by Gasteiger charge is -2.20. The van der Waals surface area contributed by atoms with Crippen molar-refractivity contribution in [1.82, 2.24) is 4.98 Å². The Morgan fingerprint density at radius 1 is 1.59 bits per heavy atom. The number of nitrogens with zero attached hydrogens (tertiary/aromatic N) is 1. The van der Waals surface area contributed by atoms with Gasteiger partial charge in [0.15, 0.2) is 15.7 Å². The molecule has 1 N–H and O–H groups in total. The van der Waals surface area contributed by atoms with E-state index in [0.29, 0.717) is 18.7 Å². The molecule has 17 heavy (non-hydrogen) atoms. The number of hydrogen-bond acceptors (Lipinski definition) is 5. The Balaban J connectivity index is 2.03. The van der Waals surface area contributed by atoms with Gasteiger partial charge in [-0.15, -0.1) is 0 Å². The summed E-state index contributed by atoms with van der Waals surface area (Å²) in [6.07, 6.45) is 2.99. The Hall–Kier alpha value is -1.37. The zero-order valence-corrected chi connectivity index (χ0v) is 9.94. The number of sulfone groups is 1. The van der Waals surface area contributed by atoms with Crippen molar-refractivity contribution in [2.75, 3.05) is 11.5 Å². The summed E-state index contributed by atoms with van der Waals surface area (Å²) >= 11 is 0. The van der Waals surface area contributed by atoms with Gasteiger partial charge < -0.3 is 9.52 Å². The van der Waals surface area contributed by atoms with Crippen molar-refractivity contribution in [1.29, 1.82) is 0 Å². The molecule has 0 amide bonds. The van der Waals surface area contributed by atoms with Gasteiger partial charge in [0.1, 0.15) is 0 Å². The van der Waals surface area contributed by atoms with Gasteiger partial charge in [-0.3, -0.25) is 0 Å². The molecule has 6 nitrogen and oxygen atoms in total. The molecule has 1 atom stereocenters. The van der Waals surface area contributed by atoms with Crippen molar-refractivity contribution in [2.45, 2.75) is 19.3 Å². The van der Waals surface area contributed by atoms with E-state index in [2.05, 4.69) is 4.98 Å². The molecule has 7 heteroatoms. The van der Waals surface area contributed by atoms with Crippen molar-refractivity contribution in [2.24, 2.45) is 5.92 Å². The quantitative estimate of drug-likeness (QED) is 0.859. The maximum Gasteiger partial charge on any atom is 0.373 e. The van der Waals surface area contributed by atoms with E-state index in [1.807, 2.05) is 0 Å². The molecule has 0 saturated carbocycles. The molecule has 1 saturated heterocycles. The summed E-state index contributed by atoms with van der Waals surface area (Å²) in [7, 11) is -2.95. The van der Waals surface area contributed by atoms with Gasteiger partial charge >= 0.3 is 5.97 Å². The Labute approximate surface area is 98.6 Å². The minimum atomic E-state index is -2.95. The van der Waals surface area contributed by atoms with Crippen LogP contribution in [0.3, 0.4) is 0 Å². The first-order valence-corrected chi connectivity index (χ1v) is 7.17. The third-order valence-corrected chi connectivity index (χ3v) is 4.67. The molecule has 94 valence electrons. The van der Waals surface area contributed by atoms with E-state index in [4.69, 9.17) is 9.52 Å². The number of rotatable bonds is 3. The monoisotopic (exact) mass is 259 g/mol. The molecule has 1 fully saturated rings. The van der Waals surface area contributed by atoms with Crippen LogP contribution in [0.1, 0.15) is 29.3 Å². The molecule has 0 aromatic carbocycles. The molecule has 0 bridgehead atoms. The number of carbonyl (C=O) groups is 1. The molecule has 1 aromatic heterocycles. The van der Waals surface area contributed by atoms with Gasteiger partial charge in [0.2, 0.25) is 5.76 Å². The Kier molecular flexibility index (Phi) is 3.19. The summed E-state index contributed by atoms with van der Waals surface area (Å²) in [5.41, 5.74) is 0. The van der Waals surface area contributed by atoms with Crippen LogP contribution in [0.2, 0.25) is 0 Å². The van der Waals surface area contributed by atoms with E-state index in [9.17, 15) is 13.2 Å². The van der Waals surface area contributed by atoms with Crippen LogP contribution in [-0.4, -0.2) is 36.0 Å². The largest absolute Gasteiger partial charge is 0.475 e. The molecule has 0 radical (unpaired) electrons. The van der Waals surface area contributed by atoms with Crippen molar-refractivity contribution < 1.29 is 22.7 Å². The zero-order valence-electron chi connectivity index (χ0n) is 9.13. The van der Waals surface area contributed by atoms with Crippen LogP contribution >= 0.6 is 0 Å². The van der Waals surface area contributed by atoms with E-state index < -0.39 is 15.8 Å². The lowest BCUT2D eigenvalue weighted by molar-refractivity contribution is 0.0660. The summed E-state index contributed by atoms with van der Waals surface area (Å²) in [6.45, 7) is 0. The fourth-order valence-electron chi connectivity index (χ4n) is 2.03. The average Bonchev–Trinajstić information content (AvgIpc) is 2.64. The molecule has 1 aliphatic heterocycles. The van der Waals surface area contributed by atoms with E-state index in [-0.39, 0.29) is 23.2 Å². The van der Waals surface area contributed by atoms with Gasteiger partial charge in [-0.2, -0.15) is 0 Å². The molecule has 2 heterocycles. The molecule has 2 rings (SSSR count). The lowest BCUT2D eigenvalue weighted by Crippen LogP contribution is -2.26. The molecular formula is C10H13NO5S. The fraction of sp³-hybridized carbons (Fsp3) is 0.600. The van der Waals surface area contributed by atoms with Gasteiger partial charge in [-0.1, -0.05) is 0 Å². The highest BCUT2D eigenvalue weighted by Gasteiger charge is 2.26. The highest BCUT2D eigenvalue weighted by Crippen LogP contribution is 2.22. The van der Waals surface area contributed by atoms with Crippen LogP contribution in [0.25, 0.3) is 0 Å². The maximum absolute atomic E-state index is 11.4. The van der Waals surface area contributed by atoms with Gasteiger partial charge in [-0.05, 0) is 18.8 Å². The van der Waals surface area contributed by atoms with Crippen LogP contribution in [0.5, 0.6) is 0 Å². The Morgan fingerprint density at radius 2 is 2.35 bits per heavy atom. The number of oxazole rings is 1. The average molecular weight is 259 g/mol. The molecule has 1 unspecified atom stereocenters. The predicted octanol–water partition coefficient (Wildman–Crippen LogP) is 0.740. The lowest BCUT2D eigenvalue weighted by atomic mass is 10.0. The molecule has 0 spiro atoms. The second kappa shape index (κ2) is 4.48. The minimum Gasteiger partial charge on any atom is -0.475 e. The van der Waals surface area contributed by atoms with Crippen LogP contribution < -0.4 is 0 Å². The highest BCUT2D eigenvalue weighted by molar-refractivity contribution is 7.91. The van der Waals surface area contributed by atoms with E-state index in [1.54, 1.807) is 0 Å². The van der Waals surface area contributed by atoms with Gasteiger partial charge in [0.05, 0.1) is 17.7 Å². The summed E-state index contributed by atoms with van der Waals surface area (Å²) in [5.74, 6) is -0.718. The number of aromatic carboxylic acids is 1. The van der Waals surface area contributed by atoms with Gasteiger partial charge in [-0.25, -0.2) is 18.2 Å². The molecule has 0 aliphatic carbocycles. The summed E-state index contributed by atoms with van der Waals surface area (Å²) in [4.78, 5) is 14.4. The van der Waals surface area contributed by atoms with Crippen molar-refractivity contribution in [3.8, 4) is 0 Å². The second-order valence-corrected chi connectivity index (χ2v) is 6.48. The summed E-state index contributed by atoms with van der Waals surface area (Å²) < 4.78 is 27.8. The van der Waals surface area contributed by atoms with E-state index in [1.165, 1.54) is 0 Å². The topological polar surface area (TPSA) is 97.5 Å². The first-order valence-electron chi connectivity index (χ1n) is 5.35. The SMILES string of the molecule is O=C(O)c1cnc(CC2CCCS(=O)(=O)C2)o1. The molecule has 1 aromatic rings. The van der Waals surface area contributed by atoms with Crippen molar-refractivity contribution >= 4 is 15.8 Å². The minimum absolute atomic E-state index is 0.0194. The van der Waals surface area contributed by atoms with Crippen LogP contribution in [-0.2, 0) is 16.3 Å². The van der Waals surface area contributed by atoms with Crippen LogP contribution in [0.15, 0.2) is 10.6 Å². The smallest absolute Gasteiger partial charge is 0.373 e. The zero-order chi connectivity index (χ0) is 12.5. The summed E-state index contributed by atoms with van der Waals surface area (Å²) in [5, 5.41) is 8.66. The highest BCUT2D eigenvalue weighted by atomic mass is 32.2. The number of aromatic nitrogens is 1. The van der Waals surface area contributed by atoms with Crippen molar-refractivity contribution in [3.05, 3.63) is 17.8 Å². The molecule has 1 aliphatic rings. The van der Waals surface area contributed by atoms with E-state index >= 15 is 0 Å². The van der Waals surface area contributed by atoms with Gasteiger partial charge in [0.25, 0.3) is 0 Å². The third-order valence-electron chi connectivity index (χ3n) is 2.78. The van der Waals surface area contributed by atoms with Crippen LogP contribution in [0, 0.1) is 5.92 Å². The Morgan fingerprint density at radius 3 is 2.94 bits per heavy atom. The Bertz CT molecular complexity index is 519. The van der Waals surface area contributed by atoms with E-state index in [0.717, 1.165) is 12.6 Å². The number of carboxylic acid groups (broad SMARTS) is 1. The molecular weight excluding hydrogens is 246 g/mol. The first-order chi connectivity index (χ1) is 7.96. The standard InChI is InChI=1S/C10H13NO5S/c12-10(13)8-5-11-9(16-8)4-7-2-1-3-17(14,15)6-7/h5,7H,1-4,6H2,(H,12,13). The van der Waals surface area contributed by atoms with Crippen LogP contribution in [0.4, 0.5) is 0 Å². The normalized spacial score (nSPS) is 23.4. The first kappa shape index (κ1) is 12.1. The van der Waals surface area contributed by atoms with Crippen molar-refractivity contribution in [3.63, 3.8) is 0 Å². The maximum atomic E-state index is 11.4. The number of hydrogen-bond donors (Lipinski definition) is 1.